The molecule has 5 nitrogen and oxygen atoms in total. The second-order valence-corrected chi connectivity index (χ2v) is 17.5. The van der Waals surface area contributed by atoms with E-state index in [1.807, 2.05) is 85.1 Å². The Bertz CT molecular complexity index is 3790. The van der Waals surface area contributed by atoms with Crippen LogP contribution in [0.15, 0.2) is 217 Å². The van der Waals surface area contributed by atoms with E-state index in [0.29, 0.717) is 17.7 Å². The monoisotopic (exact) mass is 845 g/mol. The smallest absolute Gasteiger partial charge is 0.181 e. The molecule has 0 bridgehead atoms. The highest BCUT2D eigenvalue weighted by atomic mass is 16.3. The first kappa shape index (κ1) is 34.3. The van der Waals surface area contributed by atoms with Crippen molar-refractivity contribution in [3.8, 4) is 39.2 Å². The molecule has 0 fully saturated rings. The number of nitrogens with one attached hydrogen (secondary N) is 2. The number of benzene rings is 8. The van der Waals surface area contributed by atoms with E-state index in [2.05, 4.69) is 127 Å². The number of nitrogens with zero attached hydrogens (tertiary/aromatic N) is 2. The minimum atomic E-state index is -0.435. The maximum atomic E-state index is 9.10. The van der Waals surface area contributed by atoms with Gasteiger partial charge in [0.05, 0.1) is 41.2 Å². The Labute approximate surface area is 386 Å². The van der Waals surface area contributed by atoms with Crippen molar-refractivity contribution in [2.75, 3.05) is 10.6 Å². The average Bonchev–Trinajstić information content (AvgIpc) is 3.99. The summed E-state index contributed by atoms with van der Waals surface area (Å²) in [5.41, 5.74) is 13.6. The Balaban J connectivity index is 0.983. The molecular formula is C60H48N4O. The Morgan fingerprint density at radius 1 is 0.569 bits per heavy atom. The molecule has 0 spiro atoms. The molecule has 11 rings (SSSR count). The lowest BCUT2D eigenvalue weighted by Crippen LogP contribution is -2.11. The van der Waals surface area contributed by atoms with Crippen molar-refractivity contribution in [1.29, 1.82) is 0 Å². The van der Waals surface area contributed by atoms with Gasteiger partial charge in [0.1, 0.15) is 0 Å². The summed E-state index contributed by atoms with van der Waals surface area (Å²) in [5.74, 6) is 0.753. The van der Waals surface area contributed by atoms with Gasteiger partial charge >= 0.3 is 0 Å². The highest BCUT2D eigenvalue weighted by Crippen LogP contribution is 2.43. The normalized spacial score (nSPS) is 12.8. The number of pyridine rings is 1. The summed E-state index contributed by atoms with van der Waals surface area (Å²) in [6.07, 6.45) is 4.22. The van der Waals surface area contributed by atoms with E-state index in [-0.39, 0.29) is 35.1 Å². The standard InChI is InChI=1S/C60H48N4O/c1-60(2,3)47-38-45(42-17-6-4-7-18-42)37-46(39-47)50-24-15-23-49(43-19-8-5-9-20-43)57(50)63-54-26-12-11-25-53(54)62-48-21-14-16-40(35-48)34-41-28-29-52-51-22-10-13-27-55(51)64(56(52)36-41)59-58-44(30-32-61-59)31-33-65-58/h4-33,35-39,62-63H,34H2,1-3H3/i5D,8D,9D,19D,20D. The van der Waals surface area contributed by atoms with Crippen LogP contribution in [0.25, 0.3) is 72.0 Å². The van der Waals surface area contributed by atoms with Gasteiger partial charge in [-0.2, -0.15) is 0 Å². The lowest BCUT2D eigenvalue weighted by Gasteiger charge is -2.24. The van der Waals surface area contributed by atoms with Gasteiger partial charge in [0.15, 0.2) is 11.4 Å². The number of hydrogen-bond donors (Lipinski definition) is 2. The topological polar surface area (TPSA) is 55.0 Å². The zero-order valence-electron chi connectivity index (χ0n) is 41.3. The molecule has 0 aliphatic heterocycles. The number of anilines is 4. The number of aromatic nitrogens is 2. The molecular weight excluding hydrogens is 793 g/mol. The summed E-state index contributed by atoms with van der Waals surface area (Å²) < 4.78 is 52.0. The number of hydrogen-bond acceptors (Lipinski definition) is 4. The third-order valence-electron chi connectivity index (χ3n) is 12.2. The van der Waals surface area contributed by atoms with Crippen molar-refractivity contribution in [2.45, 2.75) is 32.6 Å². The van der Waals surface area contributed by atoms with Crippen LogP contribution >= 0.6 is 0 Å². The minimum Gasteiger partial charge on any atom is -0.460 e. The first-order valence-corrected chi connectivity index (χ1v) is 21.9. The molecule has 2 N–H and O–H groups in total. The minimum absolute atomic E-state index is 0.122. The van der Waals surface area contributed by atoms with Crippen LogP contribution in [0.2, 0.25) is 0 Å². The summed E-state index contributed by atoms with van der Waals surface area (Å²) >= 11 is 0. The molecule has 3 aromatic heterocycles. The van der Waals surface area contributed by atoms with Gasteiger partial charge in [-0.05, 0) is 105 Å². The van der Waals surface area contributed by atoms with E-state index in [4.69, 9.17) is 16.3 Å². The summed E-state index contributed by atoms with van der Waals surface area (Å²) in [6.45, 7) is 6.58. The van der Waals surface area contributed by atoms with E-state index >= 15 is 0 Å². The van der Waals surface area contributed by atoms with Gasteiger partial charge in [0.2, 0.25) is 0 Å². The molecule has 0 saturated carbocycles. The summed E-state index contributed by atoms with van der Waals surface area (Å²) in [6, 6.07) is 56.2. The third-order valence-corrected chi connectivity index (χ3v) is 12.2. The molecule has 314 valence electrons. The predicted molar refractivity (Wildman–Crippen MR) is 272 cm³/mol. The van der Waals surface area contributed by atoms with Gasteiger partial charge < -0.3 is 15.1 Å². The lowest BCUT2D eigenvalue weighted by molar-refractivity contribution is 0.590. The largest absolute Gasteiger partial charge is 0.460 e. The number of fused-ring (bicyclic) bond motifs is 4. The Hall–Kier alpha value is -8.15. The number of rotatable bonds is 10. The zero-order chi connectivity index (χ0) is 48.3. The van der Waals surface area contributed by atoms with Gasteiger partial charge in [-0.3, -0.25) is 4.57 Å². The van der Waals surface area contributed by atoms with Crippen molar-refractivity contribution < 1.29 is 11.3 Å². The molecule has 0 saturated heterocycles. The van der Waals surface area contributed by atoms with Crippen molar-refractivity contribution >= 4 is 55.5 Å². The van der Waals surface area contributed by atoms with Crippen molar-refractivity contribution in [3.05, 3.63) is 229 Å². The molecule has 3 heterocycles. The molecule has 0 atom stereocenters. The van der Waals surface area contributed by atoms with Crippen LogP contribution in [-0.2, 0) is 11.8 Å². The first-order valence-electron chi connectivity index (χ1n) is 24.4. The molecule has 5 heteroatoms. The second-order valence-electron chi connectivity index (χ2n) is 17.5. The lowest BCUT2D eigenvalue weighted by atomic mass is 9.82. The van der Waals surface area contributed by atoms with E-state index in [9.17, 15) is 0 Å². The van der Waals surface area contributed by atoms with Gasteiger partial charge in [0.25, 0.3) is 0 Å². The van der Waals surface area contributed by atoms with Gasteiger partial charge in [0, 0.05) is 39.2 Å². The second kappa shape index (κ2) is 16.5. The summed E-state index contributed by atoms with van der Waals surface area (Å²) in [5, 5.41) is 10.7. The fourth-order valence-corrected chi connectivity index (χ4v) is 8.91. The highest BCUT2D eigenvalue weighted by molar-refractivity contribution is 6.10. The fourth-order valence-electron chi connectivity index (χ4n) is 8.91. The average molecular weight is 846 g/mol. The quantitative estimate of drug-likeness (QED) is 0.144. The summed E-state index contributed by atoms with van der Waals surface area (Å²) in [7, 11) is 0. The molecule has 8 aromatic carbocycles. The molecule has 11 aromatic rings. The Morgan fingerprint density at radius 3 is 2.11 bits per heavy atom. The van der Waals surface area contributed by atoms with Crippen LogP contribution < -0.4 is 10.6 Å². The van der Waals surface area contributed by atoms with Crippen LogP contribution in [0.3, 0.4) is 0 Å². The van der Waals surface area contributed by atoms with Gasteiger partial charge in [-0.25, -0.2) is 4.98 Å². The van der Waals surface area contributed by atoms with Crippen LogP contribution in [0, 0.1) is 0 Å². The summed E-state index contributed by atoms with van der Waals surface area (Å²) in [4.78, 5) is 4.82. The third kappa shape index (κ3) is 7.72. The van der Waals surface area contributed by atoms with Crippen LogP contribution in [0.5, 0.6) is 0 Å². The van der Waals surface area contributed by atoms with Crippen LogP contribution in [0.4, 0.5) is 22.7 Å². The van der Waals surface area contributed by atoms with E-state index in [1.54, 1.807) is 6.26 Å². The Kier molecular flexibility index (Phi) is 8.73. The van der Waals surface area contributed by atoms with Gasteiger partial charge in [-0.15, -0.1) is 0 Å². The number of furan rings is 1. The molecule has 0 aliphatic rings. The SMILES string of the molecule is [2H]c1c([2H])c([2H])c(-c2cccc(-c3cc(-c4ccccc4)cc(C(C)(C)C)c3)c2Nc2ccccc2Nc2cccc(Cc3ccc4c5ccccc5n(-c5nccc6ccoc56)c4c3)c2)c([2H])c1[2H]. The molecule has 0 aliphatic carbocycles. The van der Waals surface area contributed by atoms with E-state index in [0.717, 1.165) is 94.6 Å². The van der Waals surface area contributed by atoms with E-state index < -0.39 is 6.04 Å². The maximum Gasteiger partial charge on any atom is 0.181 e. The molecule has 65 heavy (non-hydrogen) atoms. The Morgan fingerprint density at radius 2 is 1.28 bits per heavy atom. The highest BCUT2D eigenvalue weighted by Gasteiger charge is 2.21. The van der Waals surface area contributed by atoms with Crippen molar-refractivity contribution in [3.63, 3.8) is 0 Å². The molecule has 0 radical (unpaired) electrons. The maximum absolute atomic E-state index is 9.10. The number of para-hydroxylation sites is 4. The van der Waals surface area contributed by atoms with E-state index in [1.165, 1.54) is 0 Å². The molecule has 0 amide bonds. The fraction of sp³-hybridized carbons (Fsp3) is 0.0833. The molecule has 0 unspecified atom stereocenters. The first-order chi connectivity index (χ1) is 33.9. The van der Waals surface area contributed by atoms with Crippen molar-refractivity contribution in [2.24, 2.45) is 0 Å². The van der Waals surface area contributed by atoms with Gasteiger partial charge in [-0.1, -0.05) is 166 Å². The van der Waals surface area contributed by atoms with Crippen LogP contribution in [0.1, 0.15) is 44.3 Å². The predicted octanol–water partition coefficient (Wildman–Crippen LogP) is 16.3. The van der Waals surface area contributed by atoms with Crippen molar-refractivity contribution in [1.82, 2.24) is 9.55 Å². The zero-order valence-corrected chi connectivity index (χ0v) is 36.3. The van der Waals surface area contributed by atoms with Crippen LogP contribution in [-0.4, -0.2) is 9.55 Å².